The molecule has 0 saturated carbocycles. The van der Waals surface area contributed by atoms with Crippen molar-refractivity contribution in [2.24, 2.45) is 0 Å². The molecule has 1 heteroatoms. The second-order valence-corrected chi connectivity index (χ2v) is 5.47. The van der Waals surface area contributed by atoms with E-state index < -0.39 is 0 Å². The average Bonchev–Trinajstić information content (AvgIpc) is 2.45. The van der Waals surface area contributed by atoms with Gasteiger partial charge >= 0.3 is 0 Å². The average molecular weight is 256 g/mol. The van der Waals surface area contributed by atoms with Crippen molar-refractivity contribution in [3.8, 4) is 0 Å². The second kappa shape index (κ2) is 6.70. The van der Waals surface area contributed by atoms with Gasteiger partial charge in [-0.05, 0) is 55.2 Å². The minimum Gasteiger partial charge on any atom is -0.295 e. The molecule has 1 nitrogen and oxygen atoms in total. The lowest BCUT2D eigenvalue weighted by molar-refractivity contribution is -0.115. The quantitative estimate of drug-likeness (QED) is 0.691. The summed E-state index contributed by atoms with van der Waals surface area (Å²) in [7, 11) is 0. The summed E-state index contributed by atoms with van der Waals surface area (Å²) < 4.78 is 0. The molecule has 1 aliphatic carbocycles. The van der Waals surface area contributed by atoms with Gasteiger partial charge in [0.15, 0.2) is 5.78 Å². The van der Waals surface area contributed by atoms with Gasteiger partial charge in [-0.25, -0.2) is 0 Å². The first-order valence-corrected chi connectivity index (χ1v) is 7.54. The lowest BCUT2D eigenvalue weighted by atomic mass is 9.80. The van der Waals surface area contributed by atoms with Gasteiger partial charge in [0.2, 0.25) is 0 Å². The SMILES string of the molecule is CCC(=CC(=O)CC1CCCc2ccccc21)CC. The largest absolute Gasteiger partial charge is 0.295 e. The van der Waals surface area contributed by atoms with Crippen LogP contribution in [0.1, 0.15) is 63.0 Å². The van der Waals surface area contributed by atoms with Crippen LogP contribution in [0.2, 0.25) is 0 Å². The molecule has 0 spiro atoms. The number of carbonyl (C=O) groups is 1. The number of rotatable bonds is 5. The van der Waals surface area contributed by atoms with E-state index in [0.717, 1.165) is 19.3 Å². The molecule has 1 atom stereocenters. The van der Waals surface area contributed by atoms with Crippen molar-refractivity contribution >= 4 is 5.78 Å². The van der Waals surface area contributed by atoms with Gasteiger partial charge in [0, 0.05) is 6.42 Å². The standard InChI is InChI=1S/C18H24O/c1-3-14(4-2)12-17(19)13-16-10-7-9-15-8-5-6-11-18(15)16/h5-6,8,11-12,16H,3-4,7,9-10,13H2,1-2H3. The predicted octanol–water partition coefficient (Wildman–Crippen LogP) is 4.81. The monoisotopic (exact) mass is 256 g/mol. The minimum absolute atomic E-state index is 0.306. The smallest absolute Gasteiger partial charge is 0.156 e. The highest BCUT2D eigenvalue weighted by Gasteiger charge is 2.21. The Labute approximate surface area is 116 Å². The maximum Gasteiger partial charge on any atom is 0.156 e. The molecule has 0 aliphatic heterocycles. The van der Waals surface area contributed by atoms with E-state index in [-0.39, 0.29) is 0 Å². The number of fused-ring (bicyclic) bond motifs is 1. The Morgan fingerprint density at radius 3 is 2.74 bits per heavy atom. The summed E-state index contributed by atoms with van der Waals surface area (Å²) in [6.07, 6.45) is 8.09. The molecule has 1 aromatic carbocycles. The van der Waals surface area contributed by atoms with E-state index in [1.807, 2.05) is 6.08 Å². The number of hydrogen-bond donors (Lipinski definition) is 0. The number of allylic oxidation sites excluding steroid dienone is 2. The molecule has 0 aromatic heterocycles. The van der Waals surface area contributed by atoms with Crippen molar-refractivity contribution in [3.05, 3.63) is 47.0 Å². The first-order chi connectivity index (χ1) is 9.24. The zero-order valence-corrected chi connectivity index (χ0v) is 12.1. The van der Waals surface area contributed by atoms with E-state index >= 15 is 0 Å². The van der Waals surface area contributed by atoms with Crippen molar-refractivity contribution in [1.29, 1.82) is 0 Å². The van der Waals surface area contributed by atoms with Crippen LogP contribution < -0.4 is 0 Å². The van der Waals surface area contributed by atoms with Gasteiger partial charge in [-0.2, -0.15) is 0 Å². The number of hydrogen-bond acceptors (Lipinski definition) is 1. The summed E-state index contributed by atoms with van der Waals surface area (Å²) in [6, 6.07) is 8.62. The van der Waals surface area contributed by atoms with Crippen LogP contribution in [0, 0.1) is 0 Å². The fourth-order valence-electron chi connectivity index (χ4n) is 3.05. The van der Waals surface area contributed by atoms with Crippen molar-refractivity contribution in [3.63, 3.8) is 0 Å². The van der Waals surface area contributed by atoms with E-state index in [9.17, 15) is 4.79 Å². The summed E-state index contributed by atoms with van der Waals surface area (Å²) in [5.41, 5.74) is 4.13. The molecular weight excluding hydrogens is 232 g/mol. The van der Waals surface area contributed by atoms with E-state index in [1.165, 1.54) is 29.5 Å². The molecule has 0 amide bonds. The molecule has 0 radical (unpaired) electrons. The minimum atomic E-state index is 0.306. The van der Waals surface area contributed by atoms with E-state index in [0.29, 0.717) is 18.1 Å². The molecule has 102 valence electrons. The number of aryl methyl sites for hydroxylation is 1. The Hall–Kier alpha value is -1.37. The first kappa shape index (κ1) is 14.0. The molecule has 1 aliphatic rings. The fraction of sp³-hybridized carbons (Fsp3) is 0.500. The third kappa shape index (κ3) is 3.56. The Morgan fingerprint density at radius 1 is 1.26 bits per heavy atom. The van der Waals surface area contributed by atoms with Gasteiger partial charge < -0.3 is 0 Å². The molecule has 0 bridgehead atoms. The lowest BCUT2D eigenvalue weighted by Crippen LogP contribution is -2.13. The highest BCUT2D eigenvalue weighted by molar-refractivity contribution is 5.91. The van der Waals surface area contributed by atoms with Crippen LogP contribution in [0.15, 0.2) is 35.9 Å². The molecule has 0 N–H and O–H groups in total. The number of carbonyl (C=O) groups excluding carboxylic acids is 1. The highest BCUT2D eigenvalue weighted by atomic mass is 16.1. The van der Waals surface area contributed by atoms with Crippen LogP contribution in [0.25, 0.3) is 0 Å². The van der Waals surface area contributed by atoms with Gasteiger partial charge in [0.05, 0.1) is 0 Å². The van der Waals surface area contributed by atoms with Crippen molar-refractivity contribution in [1.82, 2.24) is 0 Å². The highest BCUT2D eigenvalue weighted by Crippen LogP contribution is 2.34. The van der Waals surface area contributed by atoms with Gasteiger partial charge in [-0.15, -0.1) is 0 Å². The molecule has 0 heterocycles. The molecule has 1 aromatic rings. The van der Waals surface area contributed by atoms with Crippen molar-refractivity contribution < 1.29 is 4.79 Å². The van der Waals surface area contributed by atoms with E-state index in [1.54, 1.807) is 0 Å². The summed E-state index contributed by atoms with van der Waals surface area (Å²) in [5, 5.41) is 0. The summed E-state index contributed by atoms with van der Waals surface area (Å²) in [6.45, 7) is 4.25. The Balaban J connectivity index is 2.09. The number of ketones is 1. The van der Waals surface area contributed by atoms with Gasteiger partial charge in [-0.3, -0.25) is 4.79 Å². The van der Waals surface area contributed by atoms with E-state index in [2.05, 4.69) is 38.1 Å². The third-order valence-electron chi connectivity index (χ3n) is 4.21. The third-order valence-corrected chi connectivity index (χ3v) is 4.21. The Kier molecular flexibility index (Phi) is 4.95. The van der Waals surface area contributed by atoms with Crippen LogP contribution in [-0.2, 0) is 11.2 Å². The van der Waals surface area contributed by atoms with Crippen LogP contribution in [-0.4, -0.2) is 5.78 Å². The zero-order valence-electron chi connectivity index (χ0n) is 12.1. The van der Waals surface area contributed by atoms with Crippen LogP contribution in [0.3, 0.4) is 0 Å². The summed E-state index contributed by atoms with van der Waals surface area (Å²) in [4.78, 5) is 12.2. The van der Waals surface area contributed by atoms with Crippen LogP contribution in [0.5, 0.6) is 0 Å². The van der Waals surface area contributed by atoms with Gasteiger partial charge in [0.25, 0.3) is 0 Å². The second-order valence-electron chi connectivity index (χ2n) is 5.47. The van der Waals surface area contributed by atoms with Crippen LogP contribution in [0.4, 0.5) is 0 Å². The zero-order chi connectivity index (χ0) is 13.7. The molecule has 19 heavy (non-hydrogen) atoms. The Morgan fingerprint density at radius 2 is 2.00 bits per heavy atom. The first-order valence-electron chi connectivity index (χ1n) is 7.54. The maximum atomic E-state index is 12.2. The van der Waals surface area contributed by atoms with Crippen molar-refractivity contribution in [2.75, 3.05) is 0 Å². The molecule has 2 rings (SSSR count). The van der Waals surface area contributed by atoms with Crippen LogP contribution >= 0.6 is 0 Å². The number of benzene rings is 1. The summed E-state index contributed by atoms with van der Waals surface area (Å²) in [5.74, 6) is 0.740. The van der Waals surface area contributed by atoms with E-state index in [4.69, 9.17) is 0 Å². The molecule has 0 saturated heterocycles. The predicted molar refractivity (Wildman–Crippen MR) is 80.4 cm³/mol. The topological polar surface area (TPSA) is 17.1 Å². The molecule has 1 unspecified atom stereocenters. The Bertz CT molecular complexity index is 464. The molecular formula is C18H24O. The normalized spacial score (nSPS) is 17.7. The summed E-state index contributed by atoms with van der Waals surface area (Å²) >= 11 is 0. The fourth-order valence-corrected chi connectivity index (χ4v) is 3.05. The lowest BCUT2D eigenvalue weighted by Gasteiger charge is -2.24. The van der Waals surface area contributed by atoms with Crippen molar-refractivity contribution in [2.45, 2.75) is 58.3 Å². The maximum absolute atomic E-state index is 12.2. The molecule has 0 fully saturated rings. The van der Waals surface area contributed by atoms with Gasteiger partial charge in [0.1, 0.15) is 0 Å². The van der Waals surface area contributed by atoms with Gasteiger partial charge in [-0.1, -0.05) is 43.7 Å².